The van der Waals surface area contributed by atoms with Crippen LogP contribution in [-0.2, 0) is 9.59 Å². The Kier molecular flexibility index (Phi) is 3.73. The predicted octanol–water partition coefficient (Wildman–Crippen LogP) is 1.98. The lowest BCUT2D eigenvalue weighted by Gasteiger charge is -2.42. The highest BCUT2D eigenvalue weighted by Crippen LogP contribution is 2.34. The van der Waals surface area contributed by atoms with Gasteiger partial charge < -0.3 is 0 Å². The quantitative estimate of drug-likeness (QED) is 0.626. The fraction of sp³-hybridized carbons (Fsp3) is 0.643. The number of carbonyl (C=O) groups excluding carboxylic acids is 3. The molecule has 4 amide bonds. The van der Waals surface area contributed by atoms with Gasteiger partial charge in [-0.3, -0.25) is 19.8 Å². The molecule has 1 N–H and O–H groups in total. The van der Waals surface area contributed by atoms with Crippen LogP contribution in [0.15, 0.2) is 12.2 Å². The van der Waals surface area contributed by atoms with Crippen molar-refractivity contribution in [2.75, 3.05) is 0 Å². The number of carbonyl (C=O) groups is 3. The van der Waals surface area contributed by atoms with Crippen LogP contribution in [0, 0.1) is 5.41 Å². The summed E-state index contributed by atoms with van der Waals surface area (Å²) in [7, 11) is 0. The third-order valence-electron chi connectivity index (χ3n) is 4.32. The summed E-state index contributed by atoms with van der Waals surface area (Å²) in [4.78, 5) is 37.9. The third kappa shape index (κ3) is 2.07. The first-order chi connectivity index (χ1) is 9.06. The molecule has 1 fully saturated rings. The predicted molar refractivity (Wildman–Crippen MR) is 70.2 cm³/mol. The van der Waals surface area contributed by atoms with Crippen molar-refractivity contribution in [2.45, 2.75) is 52.0 Å². The molecule has 5 heteroatoms. The Morgan fingerprint density at radius 3 is 2.47 bits per heavy atom. The van der Waals surface area contributed by atoms with E-state index in [1.54, 1.807) is 0 Å². The van der Waals surface area contributed by atoms with Gasteiger partial charge in [-0.2, -0.15) is 0 Å². The summed E-state index contributed by atoms with van der Waals surface area (Å²) in [5, 5.41) is 2.35. The molecule has 1 unspecified atom stereocenters. The van der Waals surface area contributed by atoms with Gasteiger partial charge in [0.2, 0.25) is 11.8 Å². The maximum absolute atomic E-state index is 12.6. The Bertz CT molecular complexity index is 438. The van der Waals surface area contributed by atoms with Gasteiger partial charge in [-0.25, -0.2) is 4.79 Å². The standard InChI is InChI=1S/C14H20N2O3/c1-3-14(4-2)11(17)15-13(19)16(12(14)18)10-8-6-5-7-9-10/h5-6,10H,3-4,7-9H2,1-2H3,(H,15,17,19). The molecular weight excluding hydrogens is 244 g/mol. The second-order valence-corrected chi connectivity index (χ2v) is 5.16. The third-order valence-corrected chi connectivity index (χ3v) is 4.32. The van der Waals surface area contributed by atoms with Crippen molar-refractivity contribution < 1.29 is 14.4 Å². The molecule has 0 aromatic carbocycles. The number of hydrogen-bond donors (Lipinski definition) is 1. The highest BCUT2D eigenvalue weighted by atomic mass is 16.2. The van der Waals surface area contributed by atoms with E-state index in [1.807, 2.05) is 19.9 Å². The van der Waals surface area contributed by atoms with Gasteiger partial charge in [-0.1, -0.05) is 26.0 Å². The summed E-state index contributed by atoms with van der Waals surface area (Å²) in [6.07, 6.45) is 7.19. The van der Waals surface area contributed by atoms with Gasteiger partial charge in [-0.15, -0.1) is 0 Å². The minimum absolute atomic E-state index is 0.122. The summed E-state index contributed by atoms with van der Waals surface area (Å²) in [6.45, 7) is 3.63. The molecule has 0 saturated carbocycles. The van der Waals surface area contributed by atoms with Crippen molar-refractivity contribution >= 4 is 17.8 Å². The van der Waals surface area contributed by atoms with Gasteiger partial charge in [0.05, 0.1) is 0 Å². The number of nitrogens with one attached hydrogen (secondary N) is 1. The van der Waals surface area contributed by atoms with Gasteiger partial charge in [0.1, 0.15) is 5.41 Å². The van der Waals surface area contributed by atoms with Crippen molar-refractivity contribution in [1.82, 2.24) is 10.2 Å². The summed E-state index contributed by atoms with van der Waals surface area (Å²) in [6, 6.07) is -0.684. The van der Waals surface area contributed by atoms with Crippen LogP contribution >= 0.6 is 0 Å². The highest BCUT2D eigenvalue weighted by molar-refractivity contribution is 6.19. The number of imide groups is 2. The fourth-order valence-corrected chi connectivity index (χ4v) is 2.91. The summed E-state index contributed by atoms with van der Waals surface area (Å²) < 4.78 is 0. The molecule has 1 atom stereocenters. The number of barbiturate groups is 1. The van der Waals surface area contributed by atoms with Crippen molar-refractivity contribution in [2.24, 2.45) is 5.41 Å². The minimum atomic E-state index is -1.07. The zero-order chi connectivity index (χ0) is 14.0. The van der Waals surface area contributed by atoms with Crippen molar-refractivity contribution in [1.29, 1.82) is 0 Å². The van der Waals surface area contributed by atoms with Crippen LogP contribution in [0.5, 0.6) is 0 Å². The zero-order valence-corrected chi connectivity index (χ0v) is 11.4. The first-order valence-electron chi connectivity index (χ1n) is 6.91. The van der Waals surface area contributed by atoms with E-state index < -0.39 is 17.4 Å². The van der Waals surface area contributed by atoms with Crippen molar-refractivity contribution in [3.63, 3.8) is 0 Å². The van der Waals surface area contributed by atoms with E-state index >= 15 is 0 Å². The van der Waals surface area contributed by atoms with Gasteiger partial charge in [0, 0.05) is 6.04 Å². The van der Waals surface area contributed by atoms with Crippen LogP contribution in [0.1, 0.15) is 46.0 Å². The van der Waals surface area contributed by atoms with Crippen LogP contribution in [-0.4, -0.2) is 28.8 Å². The number of rotatable bonds is 3. The van der Waals surface area contributed by atoms with Crippen LogP contribution in [0.2, 0.25) is 0 Å². The molecule has 1 heterocycles. The lowest BCUT2D eigenvalue weighted by Crippen LogP contribution is -2.65. The van der Waals surface area contributed by atoms with Gasteiger partial charge in [-0.05, 0) is 32.1 Å². The van der Waals surface area contributed by atoms with E-state index in [0.717, 1.165) is 12.8 Å². The van der Waals surface area contributed by atoms with Gasteiger partial charge in [0.25, 0.3) is 0 Å². The molecule has 104 valence electrons. The average Bonchev–Trinajstić information content (AvgIpc) is 2.41. The number of allylic oxidation sites excluding steroid dienone is 1. The molecule has 0 radical (unpaired) electrons. The Balaban J connectivity index is 2.33. The second kappa shape index (κ2) is 5.15. The van der Waals surface area contributed by atoms with E-state index in [2.05, 4.69) is 11.4 Å². The Morgan fingerprint density at radius 1 is 1.26 bits per heavy atom. The molecule has 0 bridgehead atoms. The zero-order valence-electron chi connectivity index (χ0n) is 11.4. The molecule has 2 aliphatic rings. The highest BCUT2D eigenvalue weighted by Gasteiger charge is 2.52. The van der Waals surface area contributed by atoms with E-state index in [0.29, 0.717) is 19.3 Å². The normalized spacial score (nSPS) is 26.5. The number of amides is 4. The topological polar surface area (TPSA) is 66.5 Å². The molecule has 1 aliphatic heterocycles. The summed E-state index contributed by atoms with van der Waals surface area (Å²) >= 11 is 0. The Morgan fingerprint density at radius 2 is 1.95 bits per heavy atom. The largest absolute Gasteiger partial charge is 0.331 e. The molecule has 1 saturated heterocycles. The van der Waals surface area contributed by atoms with Crippen LogP contribution < -0.4 is 5.32 Å². The molecule has 2 rings (SSSR count). The molecule has 0 aromatic rings. The summed E-state index contributed by atoms with van der Waals surface area (Å²) in [5.74, 6) is -0.776. The monoisotopic (exact) mass is 264 g/mol. The van der Waals surface area contributed by atoms with E-state index in [1.165, 1.54) is 4.90 Å². The first-order valence-corrected chi connectivity index (χ1v) is 6.91. The Labute approximate surface area is 113 Å². The summed E-state index contributed by atoms with van der Waals surface area (Å²) in [5.41, 5.74) is -1.07. The van der Waals surface area contributed by atoms with Gasteiger partial charge in [0.15, 0.2) is 0 Å². The molecule has 1 aliphatic carbocycles. The molecule has 0 aromatic heterocycles. The SMILES string of the molecule is CCC1(CC)C(=O)NC(=O)N(C2CC=CCC2)C1=O. The second-order valence-electron chi connectivity index (χ2n) is 5.16. The smallest absolute Gasteiger partial charge is 0.277 e. The van der Waals surface area contributed by atoms with Crippen molar-refractivity contribution in [3.8, 4) is 0 Å². The first kappa shape index (κ1) is 13.8. The average molecular weight is 264 g/mol. The van der Waals surface area contributed by atoms with E-state index in [4.69, 9.17) is 0 Å². The lowest BCUT2D eigenvalue weighted by molar-refractivity contribution is -0.153. The molecular formula is C14H20N2O3. The maximum Gasteiger partial charge on any atom is 0.331 e. The molecule has 5 nitrogen and oxygen atoms in total. The number of hydrogen-bond acceptors (Lipinski definition) is 3. The fourth-order valence-electron chi connectivity index (χ4n) is 2.91. The van der Waals surface area contributed by atoms with Crippen LogP contribution in [0.4, 0.5) is 4.79 Å². The van der Waals surface area contributed by atoms with Crippen molar-refractivity contribution in [3.05, 3.63) is 12.2 Å². The molecule has 0 spiro atoms. The van der Waals surface area contributed by atoms with Crippen LogP contribution in [0.3, 0.4) is 0 Å². The molecule has 19 heavy (non-hydrogen) atoms. The lowest BCUT2D eigenvalue weighted by atomic mass is 9.78. The van der Waals surface area contributed by atoms with E-state index in [-0.39, 0.29) is 11.9 Å². The number of urea groups is 1. The minimum Gasteiger partial charge on any atom is -0.277 e. The number of nitrogens with zero attached hydrogens (tertiary/aromatic N) is 1. The maximum atomic E-state index is 12.6. The Hall–Kier alpha value is -1.65. The van der Waals surface area contributed by atoms with E-state index in [9.17, 15) is 14.4 Å². The van der Waals surface area contributed by atoms with Crippen LogP contribution in [0.25, 0.3) is 0 Å². The van der Waals surface area contributed by atoms with Gasteiger partial charge >= 0.3 is 6.03 Å².